The minimum absolute atomic E-state index is 0.534. The van der Waals surface area contributed by atoms with E-state index in [0.717, 1.165) is 23.7 Å². The van der Waals surface area contributed by atoms with E-state index < -0.39 is 0 Å². The highest BCUT2D eigenvalue weighted by molar-refractivity contribution is 4.94. The van der Waals surface area contributed by atoms with Gasteiger partial charge in [0, 0.05) is 19.6 Å². The van der Waals surface area contributed by atoms with Crippen LogP contribution in [-0.4, -0.2) is 38.1 Å². The molecule has 0 amide bonds. The molecule has 3 fully saturated rings. The summed E-state index contributed by atoms with van der Waals surface area (Å²) in [6, 6.07) is 0. The van der Waals surface area contributed by atoms with Crippen LogP contribution < -0.4 is 5.32 Å². The maximum absolute atomic E-state index is 3.59. The summed E-state index contributed by atoms with van der Waals surface area (Å²) >= 11 is 0. The molecule has 0 aromatic carbocycles. The zero-order valence-electron chi connectivity index (χ0n) is 13.1. The van der Waals surface area contributed by atoms with Crippen molar-refractivity contribution >= 4 is 0 Å². The van der Waals surface area contributed by atoms with Crippen molar-refractivity contribution in [1.29, 1.82) is 0 Å². The van der Waals surface area contributed by atoms with E-state index in [4.69, 9.17) is 0 Å². The maximum atomic E-state index is 3.59. The summed E-state index contributed by atoms with van der Waals surface area (Å²) in [6.45, 7) is 9.93. The first-order valence-electron chi connectivity index (χ1n) is 8.48. The number of nitrogens with one attached hydrogen (secondary N) is 1. The van der Waals surface area contributed by atoms with Gasteiger partial charge in [-0.2, -0.15) is 0 Å². The lowest BCUT2D eigenvalue weighted by atomic mass is 9.76. The fourth-order valence-electron chi connectivity index (χ4n) is 5.18. The quantitative estimate of drug-likeness (QED) is 0.821. The summed E-state index contributed by atoms with van der Waals surface area (Å²) < 4.78 is 0. The first kappa shape index (κ1) is 13.9. The number of hydrogen-bond acceptors (Lipinski definition) is 2. The minimum Gasteiger partial charge on any atom is -0.316 e. The molecule has 1 heterocycles. The Morgan fingerprint density at radius 2 is 2.11 bits per heavy atom. The third kappa shape index (κ3) is 2.71. The van der Waals surface area contributed by atoms with Gasteiger partial charge in [-0.3, -0.25) is 0 Å². The Morgan fingerprint density at radius 1 is 1.26 bits per heavy atom. The summed E-state index contributed by atoms with van der Waals surface area (Å²) in [6.07, 6.45) is 7.51. The fourth-order valence-corrected chi connectivity index (χ4v) is 5.18. The van der Waals surface area contributed by atoms with Crippen molar-refractivity contribution in [2.45, 2.75) is 46.0 Å². The van der Waals surface area contributed by atoms with Crippen LogP contribution in [0.5, 0.6) is 0 Å². The Balaban J connectivity index is 1.54. The van der Waals surface area contributed by atoms with E-state index in [1.165, 1.54) is 51.9 Å². The van der Waals surface area contributed by atoms with Crippen molar-refractivity contribution in [1.82, 2.24) is 10.2 Å². The van der Waals surface area contributed by atoms with E-state index >= 15 is 0 Å². The number of fused-ring (bicyclic) bond motifs is 2. The smallest absolute Gasteiger partial charge is 0.00501 e. The number of hydrogen-bond donors (Lipinski definition) is 1. The lowest BCUT2D eigenvalue weighted by Gasteiger charge is -2.38. The monoisotopic (exact) mass is 264 g/mol. The molecule has 3 rings (SSSR count). The summed E-state index contributed by atoms with van der Waals surface area (Å²) in [4.78, 5) is 2.67. The molecule has 2 saturated carbocycles. The molecule has 2 bridgehead atoms. The molecule has 1 aliphatic heterocycles. The van der Waals surface area contributed by atoms with Crippen LogP contribution in [0.4, 0.5) is 0 Å². The van der Waals surface area contributed by atoms with Gasteiger partial charge in [-0.15, -0.1) is 0 Å². The average Bonchev–Trinajstić information content (AvgIpc) is 3.04. The van der Waals surface area contributed by atoms with Crippen LogP contribution in [0.2, 0.25) is 0 Å². The van der Waals surface area contributed by atoms with Gasteiger partial charge in [-0.25, -0.2) is 0 Å². The van der Waals surface area contributed by atoms with Crippen LogP contribution in [0.3, 0.4) is 0 Å². The van der Waals surface area contributed by atoms with Gasteiger partial charge in [-0.1, -0.05) is 20.3 Å². The third-order valence-corrected chi connectivity index (χ3v) is 6.52. The molecule has 0 aromatic rings. The molecule has 0 aromatic heterocycles. The van der Waals surface area contributed by atoms with Gasteiger partial charge in [0.25, 0.3) is 0 Å². The van der Waals surface area contributed by atoms with Crippen molar-refractivity contribution < 1.29 is 0 Å². The van der Waals surface area contributed by atoms with Crippen LogP contribution in [-0.2, 0) is 0 Å². The SMILES string of the molecule is CC(C)C1(CN(C)CC2CC3CCC2C3)CCNC1. The molecule has 2 heteroatoms. The van der Waals surface area contributed by atoms with E-state index in [9.17, 15) is 0 Å². The van der Waals surface area contributed by atoms with Gasteiger partial charge >= 0.3 is 0 Å². The van der Waals surface area contributed by atoms with E-state index in [1.807, 2.05) is 0 Å². The molecule has 4 unspecified atom stereocenters. The second-order valence-electron chi connectivity index (χ2n) is 8.08. The molecular weight excluding hydrogens is 232 g/mol. The van der Waals surface area contributed by atoms with Crippen molar-refractivity contribution in [3.8, 4) is 0 Å². The van der Waals surface area contributed by atoms with Gasteiger partial charge in [0.15, 0.2) is 0 Å². The van der Waals surface area contributed by atoms with Crippen LogP contribution in [0.1, 0.15) is 46.0 Å². The van der Waals surface area contributed by atoms with Crippen molar-refractivity contribution in [2.75, 3.05) is 33.2 Å². The molecule has 1 N–H and O–H groups in total. The molecule has 19 heavy (non-hydrogen) atoms. The predicted molar refractivity (Wildman–Crippen MR) is 81.2 cm³/mol. The lowest BCUT2D eigenvalue weighted by Crippen LogP contribution is -2.43. The average molecular weight is 264 g/mol. The maximum Gasteiger partial charge on any atom is 0.00501 e. The first-order valence-corrected chi connectivity index (χ1v) is 8.48. The first-order chi connectivity index (χ1) is 9.09. The molecule has 0 spiro atoms. The summed E-state index contributed by atoms with van der Waals surface area (Å²) in [5.41, 5.74) is 0.534. The molecule has 3 aliphatic rings. The Labute approximate surface area is 119 Å². The number of nitrogens with zero attached hydrogens (tertiary/aromatic N) is 1. The lowest BCUT2D eigenvalue weighted by molar-refractivity contribution is 0.113. The van der Waals surface area contributed by atoms with Crippen molar-refractivity contribution in [3.63, 3.8) is 0 Å². The van der Waals surface area contributed by atoms with Gasteiger partial charge in [0.05, 0.1) is 0 Å². The van der Waals surface area contributed by atoms with Gasteiger partial charge < -0.3 is 10.2 Å². The Bertz CT molecular complexity index is 306. The minimum atomic E-state index is 0.534. The molecule has 4 atom stereocenters. The van der Waals surface area contributed by atoms with Gasteiger partial charge in [0.1, 0.15) is 0 Å². The normalized spacial score (nSPS) is 41.8. The summed E-state index contributed by atoms with van der Waals surface area (Å²) in [7, 11) is 2.37. The highest BCUT2D eigenvalue weighted by atomic mass is 15.1. The highest BCUT2D eigenvalue weighted by Gasteiger charge is 2.41. The fraction of sp³-hybridized carbons (Fsp3) is 1.00. The van der Waals surface area contributed by atoms with E-state index in [-0.39, 0.29) is 0 Å². The molecular formula is C17H32N2. The van der Waals surface area contributed by atoms with E-state index in [2.05, 4.69) is 31.1 Å². The predicted octanol–water partition coefficient (Wildman–Crippen LogP) is 2.99. The van der Waals surface area contributed by atoms with Crippen molar-refractivity contribution in [3.05, 3.63) is 0 Å². The van der Waals surface area contributed by atoms with Crippen LogP contribution in [0.25, 0.3) is 0 Å². The third-order valence-electron chi connectivity index (χ3n) is 6.52. The Morgan fingerprint density at radius 3 is 2.63 bits per heavy atom. The zero-order chi connectivity index (χ0) is 13.5. The van der Waals surface area contributed by atoms with Crippen LogP contribution in [0, 0.1) is 29.1 Å². The van der Waals surface area contributed by atoms with Crippen LogP contribution in [0.15, 0.2) is 0 Å². The Kier molecular flexibility index (Phi) is 3.92. The molecule has 2 nitrogen and oxygen atoms in total. The van der Waals surface area contributed by atoms with Crippen molar-refractivity contribution in [2.24, 2.45) is 29.1 Å². The zero-order valence-corrected chi connectivity index (χ0v) is 13.1. The highest BCUT2D eigenvalue weighted by Crippen LogP contribution is 2.48. The van der Waals surface area contributed by atoms with Gasteiger partial charge in [0.2, 0.25) is 0 Å². The molecule has 110 valence electrons. The molecule has 2 aliphatic carbocycles. The number of rotatable bonds is 5. The topological polar surface area (TPSA) is 15.3 Å². The molecule has 1 saturated heterocycles. The Hall–Kier alpha value is -0.0800. The summed E-state index contributed by atoms with van der Waals surface area (Å²) in [5.74, 6) is 3.98. The molecule has 0 radical (unpaired) electrons. The van der Waals surface area contributed by atoms with E-state index in [0.29, 0.717) is 5.41 Å². The second kappa shape index (κ2) is 5.37. The van der Waals surface area contributed by atoms with Crippen LogP contribution >= 0.6 is 0 Å². The second-order valence-corrected chi connectivity index (χ2v) is 8.08. The van der Waals surface area contributed by atoms with Gasteiger partial charge in [-0.05, 0) is 68.4 Å². The standard InChI is InChI=1S/C17H32N2/c1-13(2)17(6-7-18-11-17)12-19(3)10-16-9-14-4-5-15(16)8-14/h13-16,18H,4-12H2,1-3H3. The largest absolute Gasteiger partial charge is 0.316 e. The van der Waals surface area contributed by atoms with E-state index in [1.54, 1.807) is 6.42 Å². The summed E-state index contributed by atoms with van der Waals surface area (Å²) in [5, 5.41) is 3.59.